The molecule has 8 nitrogen and oxygen atoms in total. The Kier molecular flexibility index (Phi) is 5.38. The van der Waals surface area contributed by atoms with E-state index < -0.39 is 11.9 Å². The highest BCUT2D eigenvalue weighted by molar-refractivity contribution is 5.84. The Morgan fingerprint density at radius 3 is 2.52 bits per heavy atom. The Labute approximate surface area is 123 Å². The van der Waals surface area contributed by atoms with Crippen LogP contribution in [-0.4, -0.2) is 78.6 Å². The molecule has 3 N–H and O–H groups in total. The molecule has 0 spiro atoms. The van der Waals surface area contributed by atoms with E-state index in [0.717, 1.165) is 13.1 Å². The van der Waals surface area contributed by atoms with E-state index in [9.17, 15) is 14.4 Å². The van der Waals surface area contributed by atoms with Crippen LogP contribution < -0.4 is 10.6 Å². The Morgan fingerprint density at radius 2 is 1.86 bits per heavy atom. The van der Waals surface area contributed by atoms with Crippen LogP contribution in [0.4, 0.5) is 4.79 Å². The van der Waals surface area contributed by atoms with Crippen molar-refractivity contribution in [2.24, 2.45) is 5.92 Å². The van der Waals surface area contributed by atoms with Crippen molar-refractivity contribution in [2.45, 2.75) is 12.8 Å². The largest absolute Gasteiger partial charge is 0.481 e. The first-order chi connectivity index (χ1) is 10.1. The predicted molar refractivity (Wildman–Crippen MR) is 74.8 cm³/mol. The summed E-state index contributed by atoms with van der Waals surface area (Å²) in [7, 11) is 0. The number of rotatable bonds is 3. The average Bonchev–Trinajstić information content (AvgIpc) is 2.53. The van der Waals surface area contributed by atoms with Crippen LogP contribution in [0.5, 0.6) is 0 Å². The lowest BCUT2D eigenvalue weighted by molar-refractivity contribution is -0.143. The van der Waals surface area contributed by atoms with Gasteiger partial charge in [-0.2, -0.15) is 0 Å². The van der Waals surface area contributed by atoms with E-state index in [1.165, 1.54) is 4.90 Å². The highest BCUT2D eigenvalue weighted by Crippen LogP contribution is 2.16. The van der Waals surface area contributed by atoms with Gasteiger partial charge in [-0.3, -0.25) is 9.59 Å². The second-order valence-electron chi connectivity index (χ2n) is 5.41. The zero-order valence-electron chi connectivity index (χ0n) is 12.0. The number of nitrogens with zero attached hydrogens (tertiary/aromatic N) is 2. The number of hydrogen-bond donors (Lipinski definition) is 3. The number of likely N-dealkylation sites (tertiary alicyclic amines) is 1. The molecule has 0 aliphatic carbocycles. The van der Waals surface area contributed by atoms with Crippen LogP contribution in [0.25, 0.3) is 0 Å². The zero-order chi connectivity index (χ0) is 15.2. The summed E-state index contributed by atoms with van der Waals surface area (Å²) < 4.78 is 0. The van der Waals surface area contributed by atoms with Crippen molar-refractivity contribution in [1.82, 2.24) is 20.4 Å². The average molecular weight is 298 g/mol. The maximum atomic E-state index is 12.0. The minimum absolute atomic E-state index is 0.0347. The van der Waals surface area contributed by atoms with Crippen molar-refractivity contribution in [3.8, 4) is 0 Å². The van der Waals surface area contributed by atoms with E-state index in [2.05, 4.69) is 10.6 Å². The molecule has 118 valence electrons. The molecule has 3 amide bonds. The smallest absolute Gasteiger partial charge is 0.317 e. The van der Waals surface area contributed by atoms with E-state index in [1.54, 1.807) is 4.90 Å². The molecule has 2 saturated heterocycles. The summed E-state index contributed by atoms with van der Waals surface area (Å²) in [5, 5.41) is 14.7. The van der Waals surface area contributed by atoms with Gasteiger partial charge >= 0.3 is 12.0 Å². The van der Waals surface area contributed by atoms with Crippen molar-refractivity contribution in [3.05, 3.63) is 0 Å². The summed E-state index contributed by atoms with van der Waals surface area (Å²) in [5.74, 6) is -1.48. The van der Waals surface area contributed by atoms with Crippen molar-refractivity contribution in [1.29, 1.82) is 0 Å². The summed E-state index contributed by atoms with van der Waals surface area (Å²) in [5.41, 5.74) is 0. The highest BCUT2D eigenvalue weighted by atomic mass is 16.4. The van der Waals surface area contributed by atoms with E-state index >= 15 is 0 Å². The van der Waals surface area contributed by atoms with Crippen LogP contribution in [-0.2, 0) is 9.59 Å². The Bertz CT molecular complexity index is 409. The molecule has 2 aliphatic rings. The van der Waals surface area contributed by atoms with Crippen molar-refractivity contribution >= 4 is 17.9 Å². The van der Waals surface area contributed by atoms with Crippen molar-refractivity contribution in [2.75, 3.05) is 45.8 Å². The predicted octanol–water partition coefficient (Wildman–Crippen LogP) is -1.08. The van der Waals surface area contributed by atoms with Crippen LogP contribution >= 0.6 is 0 Å². The number of carbonyl (C=O) groups is 3. The normalized spacial score (nSPS) is 22.8. The first-order valence-electron chi connectivity index (χ1n) is 7.32. The fraction of sp³-hybridized carbons (Fsp3) is 0.769. The van der Waals surface area contributed by atoms with E-state index in [1.807, 2.05) is 0 Å². The molecule has 0 unspecified atom stereocenters. The summed E-state index contributed by atoms with van der Waals surface area (Å²) in [6.07, 6.45) is 1.27. The minimum Gasteiger partial charge on any atom is -0.481 e. The van der Waals surface area contributed by atoms with Gasteiger partial charge in [0.1, 0.15) is 0 Å². The standard InChI is InChI=1S/C13H22N4O4/c18-11(16-6-3-14-4-7-16)8-15-13(21)17-5-1-2-10(9-17)12(19)20/h10,14H,1-9H2,(H,15,21)(H,19,20)/t10-/m0/s1. The molecule has 0 aromatic heterocycles. The minimum atomic E-state index is -0.871. The number of piperazine rings is 1. The van der Waals surface area contributed by atoms with Crippen LogP contribution in [0.1, 0.15) is 12.8 Å². The van der Waals surface area contributed by atoms with Crippen LogP contribution in [0, 0.1) is 5.92 Å². The SMILES string of the molecule is O=C(O)[C@H]1CCCN(C(=O)NCC(=O)N2CCNCC2)C1. The highest BCUT2D eigenvalue weighted by Gasteiger charge is 2.28. The molecule has 2 heterocycles. The van der Waals surface area contributed by atoms with E-state index in [0.29, 0.717) is 32.5 Å². The van der Waals surface area contributed by atoms with Gasteiger partial charge in [0.25, 0.3) is 0 Å². The second kappa shape index (κ2) is 7.26. The molecular weight excluding hydrogens is 276 g/mol. The summed E-state index contributed by atoms with van der Waals surface area (Å²) in [6, 6.07) is -0.357. The van der Waals surface area contributed by atoms with Crippen LogP contribution in [0.3, 0.4) is 0 Å². The summed E-state index contributed by atoms with van der Waals surface area (Å²) in [4.78, 5) is 38.1. The molecule has 0 aromatic carbocycles. The number of urea groups is 1. The number of carboxylic acid groups (broad SMARTS) is 1. The lowest BCUT2D eigenvalue weighted by Gasteiger charge is -2.31. The molecule has 0 aromatic rings. The first-order valence-corrected chi connectivity index (χ1v) is 7.32. The lowest BCUT2D eigenvalue weighted by atomic mass is 9.99. The van der Waals surface area contributed by atoms with E-state index in [4.69, 9.17) is 5.11 Å². The quantitative estimate of drug-likeness (QED) is 0.615. The Morgan fingerprint density at radius 1 is 1.14 bits per heavy atom. The number of aliphatic carboxylic acids is 1. The number of nitrogens with one attached hydrogen (secondary N) is 2. The molecule has 2 fully saturated rings. The van der Waals surface area contributed by atoms with Gasteiger partial charge in [0.05, 0.1) is 12.5 Å². The number of carbonyl (C=O) groups excluding carboxylic acids is 2. The van der Waals surface area contributed by atoms with E-state index in [-0.39, 0.29) is 25.0 Å². The van der Waals surface area contributed by atoms with Gasteiger partial charge in [-0.15, -0.1) is 0 Å². The third kappa shape index (κ3) is 4.32. The van der Waals surface area contributed by atoms with Gasteiger partial charge in [-0.25, -0.2) is 4.79 Å². The number of hydrogen-bond acceptors (Lipinski definition) is 4. The molecule has 21 heavy (non-hydrogen) atoms. The van der Waals surface area contributed by atoms with Crippen molar-refractivity contribution in [3.63, 3.8) is 0 Å². The number of piperidine rings is 1. The molecule has 8 heteroatoms. The van der Waals surface area contributed by atoms with Gasteiger partial charge in [0, 0.05) is 39.3 Å². The molecule has 2 aliphatic heterocycles. The fourth-order valence-corrected chi connectivity index (χ4v) is 2.65. The molecule has 0 bridgehead atoms. The Balaban J connectivity index is 1.75. The molecule has 1 atom stereocenters. The third-order valence-electron chi connectivity index (χ3n) is 3.92. The maximum Gasteiger partial charge on any atom is 0.317 e. The topological polar surface area (TPSA) is 102 Å². The van der Waals surface area contributed by atoms with Gasteiger partial charge in [0.15, 0.2) is 0 Å². The Hall–Kier alpha value is -1.83. The fourth-order valence-electron chi connectivity index (χ4n) is 2.65. The number of amides is 3. The molecular formula is C13H22N4O4. The van der Waals surface area contributed by atoms with Crippen LogP contribution in [0.2, 0.25) is 0 Å². The van der Waals surface area contributed by atoms with Crippen molar-refractivity contribution < 1.29 is 19.5 Å². The van der Waals surface area contributed by atoms with Gasteiger partial charge in [0.2, 0.25) is 5.91 Å². The van der Waals surface area contributed by atoms with Gasteiger partial charge in [-0.1, -0.05) is 0 Å². The maximum absolute atomic E-state index is 12.0. The zero-order valence-corrected chi connectivity index (χ0v) is 12.0. The lowest BCUT2D eigenvalue weighted by Crippen LogP contribution is -2.52. The number of carboxylic acids is 1. The molecule has 2 rings (SSSR count). The monoisotopic (exact) mass is 298 g/mol. The summed E-state index contributed by atoms with van der Waals surface area (Å²) >= 11 is 0. The summed E-state index contributed by atoms with van der Waals surface area (Å²) in [6.45, 7) is 3.56. The third-order valence-corrected chi connectivity index (χ3v) is 3.92. The molecule has 0 saturated carbocycles. The van der Waals surface area contributed by atoms with Gasteiger partial charge in [-0.05, 0) is 12.8 Å². The first kappa shape index (κ1) is 15.6. The molecule has 0 radical (unpaired) electrons. The van der Waals surface area contributed by atoms with Crippen LogP contribution in [0.15, 0.2) is 0 Å². The van der Waals surface area contributed by atoms with Gasteiger partial charge < -0.3 is 25.5 Å². The second-order valence-corrected chi connectivity index (χ2v) is 5.41.